The van der Waals surface area contributed by atoms with Gasteiger partial charge in [-0.15, -0.1) is 0 Å². The maximum absolute atomic E-state index is 10.8. The van der Waals surface area contributed by atoms with Crippen LogP contribution in [-0.2, 0) is 4.79 Å². The van der Waals surface area contributed by atoms with Crippen LogP contribution >= 0.6 is 0 Å². The Balaban J connectivity index is 0.000000681. The van der Waals surface area contributed by atoms with Crippen LogP contribution in [0.3, 0.4) is 0 Å². The molecule has 0 atom stereocenters. The van der Waals surface area contributed by atoms with Crippen molar-refractivity contribution in [2.24, 2.45) is 0 Å². The first-order chi connectivity index (χ1) is 17.0. The zero-order valence-electron chi connectivity index (χ0n) is 20.8. The Bertz CT molecular complexity index is 777. The SMILES string of the molecule is CCCCCCCCCCCCCCCC(=O)O.O=C(O)c1cc(C(=O)O)c(C(=O)O)cc1C(=O)O. The van der Waals surface area contributed by atoms with Gasteiger partial charge in [-0.1, -0.05) is 84.0 Å². The Morgan fingerprint density at radius 1 is 0.472 bits per heavy atom. The van der Waals surface area contributed by atoms with E-state index >= 15 is 0 Å². The van der Waals surface area contributed by atoms with Gasteiger partial charge >= 0.3 is 29.8 Å². The summed E-state index contributed by atoms with van der Waals surface area (Å²) < 4.78 is 0. The van der Waals surface area contributed by atoms with Gasteiger partial charge in [0.2, 0.25) is 0 Å². The number of unbranched alkanes of at least 4 members (excludes halogenated alkanes) is 12. The Kier molecular flexibility index (Phi) is 17.0. The molecule has 0 fully saturated rings. The normalized spacial score (nSPS) is 10.2. The fourth-order valence-corrected chi connectivity index (χ4v) is 3.60. The van der Waals surface area contributed by atoms with E-state index in [4.69, 9.17) is 25.5 Å². The van der Waals surface area contributed by atoms with Gasteiger partial charge in [0.1, 0.15) is 0 Å². The van der Waals surface area contributed by atoms with Crippen LogP contribution in [0.5, 0.6) is 0 Å². The number of carboxylic acid groups (broad SMARTS) is 5. The molecule has 0 aliphatic rings. The molecular weight excluding hydrogens is 472 g/mol. The number of aliphatic carboxylic acids is 1. The molecule has 10 nitrogen and oxygen atoms in total. The maximum atomic E-state index is 10.8. The molecule has 10 heteroatoms. The summed E-state index contributed by atoms with van der Waals surface area (Å²) in [5.41, 5.74) is -3.15. The van der Waals surface area contributed by atoms with E-state index in [1.165, 1.54) is 70.6 Å². The van der Waals surface area contributed by atoms with Gasteiger partial charge in [-0.25, -0.2) is 19.2 Å². The second-order valence-electron chi connectivity index (χ2n) is 8.55. The van der Waals surface area contributed by atoms with Gasteiger partial charge in [-0.05, 0) is 18.6 Å². The largest absolute Gasteiger partial charge is 0.481 e. The van der Waals surface area contributed by atoms with Crippen LogP contribution < -0.4 is 0 Å². The van der Waals surface area contributed by atoms with Crippen molar-refractivity contribution in [3.05, 3.63) is 34.4 Å². The Hall–Kier alpha value is -3.43. The molecule has 0 spiro atoms. The lowest BCUT2D eigenvalue weighted by Gasteiger charge is -2.06. The molecule has 36 heavy (non-hydrogen) atoms. The highest BCUT2D eigenvalue weighted by Gasteiger charge is 2.24. The van der Waals surface area contributed by atoms with E-state index in [9.17, 15) is 24.0 Å². The third kappa shape index (κ3) is 14.1. The molecule has 0 aliphatic heterocycles. The molecule has 0 aromatic heterocycles. The summed E-state index contributed by atoms with van der Waals surface area (Å²) in [4.78, 5) is 53.4. The van der Waals surface area contributed by atoms with Gasteiger partial charge in [0.15, 0.2) is 0 Å². The Morgan fingerprint density at radius 3 is 0.944 bits per heavy atom. The van der Waals surface area contributed by atoms with Crippen LogP contribution in [0, 0.1) is 0 Å². The molecule has 202 valence electrons. The van der Waals surface area contributed by atoms with Crippen LogP contribution in [0.4, 0.5) is 0 Å². The first kappa shape index (κ1) is 32.6. The number of aromatic carboxylic acids is 4. The molecule has 0 saturated heterocycles. The molecule has 0 aliphatic carbocycles. The molecular formula is C26H38O10. The summed E-state index contributed by atoms with van der Waals surface area (Å²) in [6.07, 6.45) is 17.3. The van der Waals surface area contributed by atoms with E-state index in [2.05, 4.69) is 6.92 Å². The lowest BCUT2D eigenvalue weighted by molar-refractivity contribution is -0.137. The van der Waals surface area contributed by atoms with Crippen LogP contribution in [0.15, 0.2) is 12.1 Å². The summed E-state index contributed by atoms with van der Waals surface area (Å²) >= 11 is 0. The molecule has 1 rings (SSSR count). The topological polar surface area (TPSA) is 186 Å². The predicted molar refractivity (Wildman–Crippen MR) is 132 cm³/mol. The zero-order chi connectivity index (χ0) is 27.5. The van der Waals surface area contributed by atoms with Gasteiger partial charge in [0.25, 0.3) is 0 Å². The van der Waals surface area contributed by atoms with Crippen molar-refractivity contribution in [1.29, 1.82) is 0 Å². The van der Waals surface area contributed by atoms with Gasteiger partial charge < -0.3 is 25.5 Å². The number of hydrogen-bond donors (Lipinski definition) is 5. The predicted octanol–water partition coefficient (Wildman–Crippen LogP) is 6.03. The second-order valence-corrected chi connectivity index (χ2v) is 8.55. The van der Waals surface area contributed by atoms with Crippen molar-refractivity contribution in [2.45, 2.75) is 96.8 Å². The number of benzene rings is 1. The van der Waals surface area contributed by atoms with Crippen LogP contribution in [-0.4, -0.2) is 55.4 Å². The van der Waals surface area contributed by atoms with Crippen LogP contribution in [0.2, 0.25) is 0 Å². The van der Waals surface area contributed by atoms with E-state index in [1.54, 1.807) is 0 Å². The summed E-state index contributed by atoms with van der Waals surface area (Å²) in [5.74, 6) is -7.30. The molecule has 0 heterocycles. The Labute approximate surface area is 211 Å². The fraction of sp³-hybridized carbons (Fsp3) is 0.577. The van der Waals surface area contributed by atoms with Crippen molar-refractivity contribution in [1.82, 2.24) is 0 Å². The van der Waals surface area contributed by atoms with E-state index in [0.717, 1.165) is 12.8 Å². The van der Waals surface area contributed by atoms with E-state index in [-0.39, 0.29) is 0 Å². The fourth-order valence-electron chi connectivity index (χ4n) is 3.60. The third-order valence-corrected chi connectivity index (χ3v) is 5.57. The lowest BCUT2D eigenvalue weighted by atomic mass is 9.98. The molecule has 0 unspecified atom stereocenters. The number of carbonyl (C=O) groups is 5. The van der Waals surface area contributed by atoms with E-state index < -0.39 is 52.1 Å². The van der Waals surface area contributed by atoms with Gasteiger partial charge in [0.05, 0.1) is 22.3 Å². The standard InChI is InChI=1S/C16H32O2.C10H6O8/c1-2-3-4-5-6-7-8-9-10-11-12-13-14-15-16(17)18;11-7(12)3-1-4(8(13)14)6(10(17)18)2-5(3)9(15)16/h2-15H2,1H3,(H,17,18);1-2H,(H,11,12)(H,13,14)(H,15,16)(H,17,18). The average molecular weight is 511 g/mol. The molecule has 0 amide bonds. The third-order valence-electron chi connectivity index (χ3n) is 5.57. The molecule has 1 aromatic carbocycles. The first-order valence-corrected chi connectivity index (χ1v) is 12.4. The van der Waals surface area contributed by atoms with Crippen LogP contribution in [0.1, 0.15) is 138 Å². The number of carboxylic acids is 5. The van der Waals surface area contributed by atoms with Crippen molar-refractivity contribution < 1.29 is 49.5 Å². The first-order valence-electron chi connectivity index (χ1n) is 12.4. The quantitative estimate of drug-likeness (QED) is 0.146. The van der Waals surface area contributed by atoms with Gasteiger partial charge in [-0.2, -0.15) is 0 Å². The maximum Gasteiger partial charge on any atom is 0.336 e. The summed E-state index contributed by atoms with van der Waals surface area (Å²) in [6, 6.07) is 1.02. The molecule has 1 aromatic rings. The van der Waals surface area contributed by atoms with E-state index in [0.29, 0.717) is 18.6 Å². The molecule has 0 saturated carbocycles. The summed E-state index contributed by atoms with van der Waals surface area (Å²) in [6.45, 7) is 2.26. The van der Waals surface area contributed by atoms with Crippen molar-refractivity contribution >= 4 is 29.8 Å². The van der Waals surface area contributed by atoms with Crippen molar-refractivity contribution in [3.63, 3.8) is 0 Å². The zero-order valence-corrected chi connectivity index (χ0v) is 20.8. The van der Waals surface area contributed by atoms with Gasteiger partial charge in [-0.3, -0.25) is 4.79 Å². The minimum absolute atomic E-state index is 0.345. The number of rotatable bonds is 18. The smallest absolute Gasteiger partial charge is 0.336 e. The highest BCUT2D eigenvalue weighted by molar-refractivity contribution is 6.09. The Morgan fingerprint density at radius 2 is 0.722 bits per heavy atom. The monoisotopic (exact) mass is 510 g/mol. The highest BCUT2D eigenvalue weighted by Crippen LogP contribution is 2.18. The van der Waals surface area contributed by atoms with Crippen molar-refractivity contribution in [3.8, 4) is 0 Å². The van der Waals surface area contributed by atoms with Gasteiger partial charge in [0, 0.05) is 6.42 Å². The summed E-state index contributed by atoms with van der Waals surface area (Å²) in [5, 5.41) is 43.5. The highest BCUT2D eigenvalue weighted by atomic mass is 16.4. The lowest BCUT2D eigenvalue weighted by Crippen LogP contribution is -2.15. The number of hydrogen-bond acceptors (Lipinski definition) is 5. The van der Waals surface area contributed by atoms with Crippen molar-refractivity contribution in [2.75, 3.05) is 0 Å². The molecule has 5 N–H and O–H groups in total. The summed E-state index contributed by atoms with van der Waals surface area (Å²) in [7, 11) is 0. The minimum Gasteiger partial charge on any atom is -0.481 e. The minimum atomic E-state index is -1.66. The average Bonchev–Trinajstić information content (AvgIpc) is 2.81. The van der Waals surface area contributed by atoms with Crippen LogP contribution in [0.25, 0.3) is 0 Å². The molecule has 0 bridgehead atoms. The second kappa shape index (κ2) is 18.8. The molecule has 0 radical (unpaired) electrons. The van der Waals surface area contributed by atoms with E-state index in [1.807, 2.05) is 0 Å².